The molecule has 0 spiro atoms. The summed E-state index contributed by atoms with van der Waals surface area (Å²) >= 11 is 0. The molecule has 1 rings (SSSR count). The number of amides is 3. The number of morpholine rings is 1. The number of rotatable bonds is 3. The molecule has 0 aromatic rings. The topological polar surface area (TPSA) is 84.7 Å². The number of carbonyl (C=O) groups excluding carboxylic acids is 2. The Morgan fingerprint density at radius 2 is 2.33 bits per heavy atom. The zero-order valence-electron chi connectivity index (χ0n) is 8.86. The van der Waals surface area contributed by atoms with Gasteiger partial charge in [-0.15, -0.1) is 0 Å². The van der Waals surface area contributed by atoms with Gasteiger partial charge in [-0.1, -0.05) is 0 Å². The first-order chi connectivity index (χ1) is 7.08. The Morgan fingerprint density at radius 1 is 1.60 bits per heavy atom. The third kappa shape index (κ3) is 4.75. The molecule has 1 fully saturated rings. The van der Waals surface area contributed by atoms with Crippen molar-refractivity contribution >= 4 is 11.9 Å². The van der Waals surface area contributed by atoms with E-state index in [9.17, 15) is 9.59 Å². The van der Waals surface area contributed by atoms with Gasteiger partial charge in [0.15, 0.2) is 0 Å². The minimum atomic E-state index is -0.796. The second-order valence-electron chi connectivity index (χ2n) is 3.64. The summed E-state index contributed by atoms with van der Waals surface area (Å²) in [5.41, 5.74) is 4.82. The van der Waals surface area contributed by atoms with Crippen LogP contribution in [-0.4, -0.2) is 49.2 Å². The van der Waals surface area contributed by atoms with Crippen molar-refractivity contribution < 1.29 is 14.3 Å². The zero-order chi connectivity index (χ0) is 11.3. The van der Waals surface area contributed by atoms with Crippen LogP contribution in [0.3, 0.4) is 0 Å². The number of hydrogen-bond donors (Lipinski definition) is 2. The Morgan fingerprint density at radius 3 is 2.93 bits per heavy atom. The van der Waals surface area contributed by atoms with Crippen LogP contribution >= 0.6 is 0 Å². The van der Waals surface area contributed by atoms with E-state index in [1.54, 1.807) is 0 Å². The van der Waals surface area contributed by atoms with Crippen LogP contribution in [0, 0.1) is 0 Å². The molecule has 6 heteroatoms. The molecule has 0 aromatic heterocycles. The lowest BCUT2D eigenvalue weighted by molar-refractivity contribution is -0.120. The average molecular weight is 215 g/mol. The van der Waals surface area contributed by atoms with Crippen LogP contribution < -0.4 is 11.1 Å². The Kier molecular flexibility index (Phi) is 4.51. The number of imide groups is 1. The fourth-order valence-electron chi connectivity index (χ4n) is 1.55. The van der Waals surface area contributed by atoms with E-state index in [4.69, 9.17) is 10.5 Å². The molecule has 3 amide bonds. The van der Waals surface area contributed by atoms with Crippen LogP contribution in [-0.2, 0) is 9.53 Å². The summed E-state index contributed by atoms with van der Waals surface area (Å²) in [7, 11) is 0. The molecule has 0 radical (unpaired) electrons. The number of nitrogens with zero attached hydrogens (tertiary/aromatic N) is 1. The van der Waals surface area contributed by atoms with Crippen molar-refractivity contribution in [2.45, 2.75) is 19.4 Å². The van der Waals surface area contributed by atoms with Crippen LogP contribution in [0.4, 0.5) is 4.79 Å². The molecule has 1 heterocycles. The molecule has 0 bridgehead atoms. The first-order valence-electron chi connectivity index (χ1n) is 5.01. The van der Waals surface area contributed by atoms with Crippen LogP contribution in [0.15, 0.2) is 0 Å². The van der Waals surface area contributed by atoms with Gasteiger partial charge in [0.05, 0.1) is 12.7 Å². The first kappa shape index (κ1) is 11.9. The Bertz CT molecular complexity index is 245. The van der Waals surface area contributed by atoms with E-state index in [0.29, 0.717) is 13.2 Å². The summed E-state index contributed by atoms with van der Waals surface area (Å²) < 4.78 is 5.36. The molecule has 0 saturated carbocycles. The summed E-state index contributed by atoms with van der Waals surface area (Å²) in [6, 6.07) is -0.796. The molecule has 6 nitrogen and oxygen atoms in total. The molecule has 1 saturated heterocycles. The summed E-state index contributed by atoms with van der Waals surface area (Å²) in [6.45, 7) is 4.97. The molecule has 1 aliphatic heterocycles. The second-order valence-corrected chi connectivity index (χ2v) is 3.64. The fourth-order valence-corrected chi connectivity index (χ4v) is 1.55. The quantitative estimate of drug-likeness (QED) is 0.651. The number of nitrogens with one attached hydrogen (secondary N) is 1. The third-order valence-corrected chi connectivity index (χ3v) is 2.24. The summed E-state index contributed by atoms with van der Waals surface area (Å²) in [5, 5.41) is 2.04. The van der Waals surface area contributed by atoms with Crippen molar-refractivity contribution in [2.75, 3.05) is 26.2 Å². The van der Waals surface area contributed by atoms with Gasteiger partial charge >= 0.3 is 6.03 Å². The van der Waals surface area contributed by atoms with Gasteiger partial charge in [0, 0.05) is 26.1 Å². The average Bonchev–Trinajstić information content (AvgIpc) is 2.14. The van der Waals surface area contributed by atoms with E-state index in [1.165, 1.54) is 0 Å². The van der Waals surface area contributed by atoms with Crippen molar-refractivity contribution in [3.63, 3.8) is 0 Å². The van der Waals surface area contributed by atoms with Crippen LogP contribution in [0.1, 0.15) is 13.3 Å². The molecule has 86 valence electrons. The lowest BCUT2D eigenvalue weighted by atomic mass is 10.2. The van der Waals surface area contributed by atoms with Gasteiger partial charge in [-0.25, -0.2) is 4.79 Å². The molecule has 0 aliphatic carbocycles. The zero-order valence-corrected chi connectivity index (χ0v) is 8.86. The molecule has 1 aliphatic rings. The van der Waals surface area contributed by atoms with Crippen molar-refractivity contribution in [1.29, 1.82) is 0 Å². The van der Waals surface area contributed by atoms with E-state index in [0.717, 1.165) is 13.1 Å². The van der Waals surface area contributed by atoms with E-state index >= 15 is 0 Å². The molecular weight excluding hydrogens is 198 g/mol. The van der Waals surface area contributed by atoms with Gasteiger partial charge < -0.3 is 10.5 Å². The van der Waals surface area contributed by atoms with Gasteiger partial charge in [0.2, 0.25) is 5.91 Å². The molecule has 1 atom stereocenters. The van der Waals surface area contributed by atoms with Gasteiger partial charge in [-0.3, -0.25) is 15.0 Å². The molecule has 3 N–H and O–H groups in total. The van der Waals surface area contributed by atoms with Crippen LogP contribution in [0.5, 0.6) is 0 Å². The Labute approximate surface area is 88.7 Å². The number of ether oxygens (including phenoxy) is 1. The summed E-state index contributed by atoms with van der Waals surface area (Å²) in [6.07, 6.45) is 0.494. The lowest BCUT2D eigenvalue weighted by Gasteiger charge is -2.30. The van der Waals surface area contributed by atoms with E-state index in [1.807, 2.05) is 12.2 Å². The number of hydrogen-bond acceptors (Lipinski definition) is 4. The predicted octanol–water partition coefficient (Wildman–Crippen LogP) is -0.708. The second kappa shape index (κ2) is 5.67. The molecule has 15 heavy (non-hydrogen) atoms. The normalized spacial score (nSPS) is 22.3. The first-order valence-corrected chi connectivity index (χ1v) is 5.01. The highest BCUT2D eigenvalue weighted by Crippen LogP contribution is 2.04. The van der Waals surface area contributed by atoms with Gasteiger partial charge in [-0.2, -0.15) is 0 Å². The molecular formula is C9H17N3O3. The van der Waals surface area contributed by atoms with Gasteiger partial charge in [0.1, 0.15) is 0 Å². The van der Waals surface area contributed by atoms with Crippen molar-refractivity contribution in [3.8, 4) is 0 Å². The molecule has 0 aromatic carbocycles. The number of nitrogens with two attached hydrogens (primary N) is 1. The number of carbonyl (C=O) groups is 2. The number of urea groups is 1. The largest absolute Gasteiger partial charge is 0.376 e. The fraction of sp³-hybridized carbons (Fsp3) is 0.778. The van der Waals surface area contributed by atoms with E-state index in [-0.39, 0.29) is 18.4 Å². The summed E-state index contributed by atoms with van der Waals surface area (Å²) in [5.74, 6) is -0.332. The highest BCUT2D eigenvalue weighted by atomic mass is 16.5. The van der Waals surface area contributed by atoms with E-state index in [2.05, 4.69) is 4.90 Å². The highest BCUT2D eigenvalue weighted by molar-refractivity contribution is 5.93. The van der Waals surface area contributed by atoms with Crippen molar-refractivity contribution in [3.05, 3.63) is 0 Å². The van der Waals surface area contributed by atoms with Crippen molar-refractivity contribution in [1.82, 2.24) is 10.2 Å². The van der Waals surface area contributed by atoms with Gasteiger partial charge in [-0.05, 0) is 6.92 Å². The maximum Gasteiger partial charge on any atom is 0.318 e. The predicted molar refractivity (Wildman–Crippen MR) is 54.2 cm³/mol. The Balaban J connectivity index is 2.18. The van der Waals surface area contributed by atoms with Crippen molar-refractivity contribution in [2.24, 2.45) is 5.73 Å². The number of primary amides is 1. The summed E-state index contributed by atoms with van der Waals surface area (Å²) in [4.78, 5) is 23.6. The maximum atomic E-state index is 11.1. The van der Waals surface area contributed by atoms with Crippen LogP contribution in [0.2, 0.25) is 0 Å². The minimum absolute atomic E-state index is 0.206. The standard InChI is InChI=1S/C9H17N3O3/c1-7-6-12(4-5-15-7)3-2-8(13)11-9(10)14/h7H,2-6H2,1H3,(H3,10,11,13,14)/t7-/m1/s1. The van der Waals surface area contributed by atoms with E-state index < -0.39 is 6.03 Å². The lowest BCUT2D eigenvalue weighted by Crippen LogP contribution is -2.43. The maximum absolute atomic E-state index is 11.1. The highest BCUT2D eigenvalue weighted by Gasteiger charge is 2.17. The SMILES string of the molecule is C[C@@H]1CN(CCC(=O)NC(N)=O)CCO1. The Hall–Kier alpha value is -1.14. The third-order valence-electron chi connectivity index (χ3n) is 2.24. The van der Waals surface area contributed by atoms with Gasteiger partial charge in [0.25, 0.3) is 0 Å². The molecule has 0 unspecified atom stereocenters. The monoisotopic (exact) mass is 215 g/mol. The van der Waals surface area contributed by atoms with Crippen LogP contribution in [0.25, 0.3) is 0 Å². The minimum Gasteiger partial charge on any atom is -0.376 e. The smallest absolute Gasteiger partial charge is 0.318 e.